The summed E-state index contributed by atoms with van der Waals surface area (Å²) in [6.45, 7) is 4.24. The maximum atomic E-state index is 12.2. The molecule has 1 heterocycles. The Morgan fingerprint density at radius 2 is 2.10 bits per heavy atom. The number of aromatic nitrogens is 1. The lowest BCUT2D eigenvalue weighted by Gasteiger charge is -2.07. The van der Waals surface area contributed by atoms with Gasteiger partial charge >= 0.3 is 0 Å². The van der Waals surface area contributed by atoms with E-state index in [1.807, 2.05) is 0 Å². The fraction of sp³-hybridized carbons (Fsp3) is 0.294. The van der Waals surface area contributed by atoms with Crippen molar-refractivity contribution in [3.63, 3.8) is 0 Å². The third-order valence-electron chi connectivity index (χ3n) is 4.13. The summed E-state index contributed by atoms with van der Waals surface area (Å²) in [6, 6.07) is 10.3. The van der Waals surface area contributed by atoms with E-state index in [1.54, 1.807) is 18.3 Å². The summed E-state index contributed by atoms with van der Waals surface area (Å²) < 4.78 is 0.485. The Hall–Kier alpha value is -1.94. The average Bonchev–Trinajstić information content (AvgIpc) is 3.21. The molecule has 0 saturated heterocycles. The molecule has 0 unspecified atom stereocenters. The van der Waals surface area contributed by atoms with E-state index in [1.165, 1.54) is 16.7 Å². The highest BCUT2D eigenvalue weighted by Crippen LogP contribution is 2.41. The first-order valence-electron chi connectivity index (χ1n) is 7.12. The molecule has 2 N–H and O–H groups in total. The lowest BCUT2D eigenvalue weighted by Crippen LogP contribution is -2.27. The third kappa shape index (κ3) is 2.90. The molecule has 0 aliphatic heterocycles. The predicted octanol–water partition coefficient (Wildman–Crippen LogP) is 3.65. The molecule has 0 spiro atoms. The van der Waals surface area contributed by atoms with E-state index in [-0.39, 0.29) is 11.9 Å². The lowest BCUT2D eigenvalue weighted by molar-refractivity contribution is 0.0949. The van der Waals surface area contributed by atoms with Gasteiger partial charge in [0, 0.05) is 18.2 Å². The zero-order valence-corrected chi connectivity index (χ0v) is 13.0. The van der Waals surface area contributed by atoms with Crippen LogP contribution in [-0.4, -0.2) is 16.9 Å². The topological polar surface area (TPSA) is 44.9 Å². The Kier molecular flexibility index (Phi) is 3.64. The van der Waals surface area contributed by atoms with Gasteiger partial charge < -0.3 is 10.3 Å². The van der Waals surface area contributed by atoms with Crippen molar-refractivity contribution < 1.29 is 4.79 Å². The summed E-state index contributed by atoms with van der Waals surface area (Å²) in [4.78, 5) is 15.1. The van der Waals surface area contributed by atoms with Crippen LogP contribution in [-0.2, 0) is 0 Å². The van der Waals surface area contributed by atoms with Crippen LogP contribution in [0.5, 0.6) is 0 Å². The minimum absolute atomic E-state index is 0.0896. The maximum Gasteiger partial charge on any atom is 0.254 e. The number of benzene rings is 1. The second kappa shape index (κ2) is 5.45. The molecule has 1 saturated carbocycles. The van der Waals surface area contributed by atoms with Crippen LogP contribution >= 0.6 is 12.2 Å². The second-order valence-electron chi connectivity index (χ2n) is 5.68. The number of aromatic amines is 1. The molecule has 21 heavy (non-hydrogen) atoms. The number of H-pyrrole nitrogens is 1. The molecule has 108 valence electrons. The van der Waals surface area contributed by atoms with Crippen molar-refractivity contribution in [2.45, 2.75) is 32.2 Å². The van der Waals surface area contributed by atoms with Crippen LogP contribution < -0.4 is 5.32 Å². The van der Waals surface area contributed by atoms with Crippen molar-refractivity contribution in [1.29, 1.82) is 0 Å². The van der Waals surface area contributed by atoms with Crippen molar-refractivity contribution in [1.82, 2.24) is 10.3 Å². The maximum absolute atomic E-state index is 12.2. The summed E-state index contributed by atoms with van der Waals surface area (Å²) in [5.41, 5.74) is 4.45. The lowest BCUT2D eigenvalue weighted by atomic mass is 10.0. The molecule has 1 aliphatic carbocycles. The number of nitrogens with one attached hydrogen (secondary N) is 2. The Morgan fingerprint density at radius 3 is 2.81 bits per heavy atom. The smallest absolute Gasteiger partial charge is 0.254 e. The number of aryl methyl sites for hydroxylation is 2. The Bertz CT molecular complexity index is 750. The van der Waals surface area contributed by atoms with E-state index >= 15 is 0 Å². The van der Waals surface area contributed by atoms with Gasteiger partial charge in [0.05, 0.1) is 5.56 Å². The number of carbonyl (C=O) groups is 1. The fourth-order valence-electron chi connectivity index (χ4n) is 2.56. The quantitative estimate of drug-likeness (QED) is 0.850. The van der Waals surface area contributed by atoms with Gasteiger partial charge in [-0.25, -0.2) is 0 Å². The number of hydrogen-bond donors (Lipinski definition) is 2. The van der Waals surface area contributed by atoms with Gasteiger partial charge in [-0.1, -0.05) is 30.4 Å². The largest absolute Gasteiger partial charge is 0.352 e. The molecule has 2 atom stereocenters. The highest BCUT2D eigenvalue weighted by atomic mass is 32.1. The Morgan fingerprint density at radius 1 is 1.29 bits per heavy atom. The molecule has 1 aliphatic rings. The minimum atomic E-state index is -0.0896. The molecule has 3 nitrogen and oxygen atoms in total. The van der Waals surface area contributed by atoms with Gasteiger partial charge in [0.2, 0.25) is 0 Å². The molecular formula is C17H18N2OS. The van der Waals surface area contributed by atoms with Crippen molar-refractivity contribution in [3.05, 3.63) is 63.4 Å². The standard InChI is InChI=1S/C17H18N2OS/c1-10-5-6-12(8-11(10)2)14-9-15(14)19-16(20)13-4-3-7-18-17(13)21/h3-8,14-15H,9H2,1-2H3,(H,18,21)(H,19,20)/t14-,15+/m1/s1. The van der Waals surface area contributed by atoms with E-state index in [0.717, 1.165) is 6.42 Å². The molecule has 1 aromatic carbocycles. The van der Waals surface area contributed by atoms with Gasteiger partial charge in [-0.15, -0.1) is 0 Å². The minimum Gasteiger partial charge on any atom is -0.352 e. The predicted molar refractivity (Wildman–Crippen MR) is 86.2 cm³/mol. The van der Waals surface area contributed by atoms with Crippen LogP contribution in [0, 0.1) is 18.5 Å². The van der Waals surface area contributed by atoms with E-state index in [4.69, 9.17) is 12.2 Å². The number of amides is 1. The summed E-state index contributed by atoms with van der Waals surface area (Å²) in [7, 11) is 0. The van der Waals surface area contributed by atoms with Gasteiger partial charge in [-0.2, -0.15) is 0 Å². The highest BCUT2D eigenvalue weighted by molar-refractivity contribution is 7.71. The van der Waals surface area contributed by atoms with Gasteiger partial charge in [0.1, 0.15) is 4.64 Å². The molecule has 0 radical (unpaired) electrons. The van der Waals surface area contributed by atoms with Gasteiger partial charge in [0.25, 0.3) is 5.91 Å². The van der Waals surface area contributed by atoms with Crippen molar-refractivity contribution in [2.24, 2.45) is 0 Å². The number of carbonyl (C=O) groups excluding carboxylic acids is 1. The zero-order chi connectivity index (χ0) is 15.0. The highest BCUT2D eigenvalue weighted by Gasteiger charge is 2.39. The number of pyridine rings is 1. The van der Waals surface area contributed by atoms with Crippen LogP contribution in [0.1, 0.15) is 39.4 Å². The van der Waals surface area contributed by atoms with Crippen molar-refractivity contribution >= 4 is 18.1 Å². The average molecular weight is 298 g/mol. The molecule has 1 aromatic heterocycles. The zero-order valence-electron chi connectivity index (χ0n) is 12.1. The molecule has 4 heteroatoms. The monoisotopic (exact) mass is 298 g/mol. The second-order valence-corrected chi connectivity index (χ2v) is 6.09. The first-order valence-corrected chi connectivity index (χ1v) is 7.53. The van der Waals surface area contributed by atoms with Crippen LogP contribution in [0.2, 0.25) is 0 Å². The van der Waals surface area contributed by atoms with E-state index in [0.29, 0.717) is 16.1 Å². The molecule has 1 fully saturated rings. The molecular weight excluding hydrogens is 280 g/mol. The van der Waals surface area contributed by atoms with Crippen LogP contribution in [0.25, 0.3) is 0 Å². The fourth-order valence-corrected chi connectivity index (χ4v) is 2.79. The molecule has 1 amide bonds. The van der Waals surface area contributed by atoms with Gasteiger partial charge in [0.15, 0.2) is 0 Å². The number of hydrogen-bond acceptors (Lipinski definition) is 2. The first-order chi connectivity index (χ1) is 10.1. The summed E-state index contributed by atoms with van der Waals surface area (Å²) in [5.74, 6) is 0.336. The summed E-state index contributed by atoms with van der Waals surface area (Å²) in [5, 5.41) is 3.07. The Labute approximate surface area is 129 Å². The van der Waals surface area contributed by atoms with Crippen LogP contribution in [0.15, 0.2) is 36.5 Å². The Balaban J connectivity index is 1.69. The van der Waals surface area contributed by atoms with E-state index in [2.05, 4.69) is 42.3 Å². The van der Waals surface area contributed by atoms with Crippen molar-refractivity contribution in [3.8, 4) is 0 Å². The number of rotatable bonds is 3. The van der Waals surface area contributed by atoms with Gasteiger partial charge in [-0.3, -0.25) is 4.79 Å². The summed E-state index contributed by atoms with van der Waals surface area (Å²) in [6.07, 6.45) is 2.73. The van der Waals surface area contributed by atoms with Crippen LogP contribution in [0.3, 0.4) is 0 Å². The van der Waals surface area contributed by atoms with E-state index < -0.39 is 0 Å². The molecule has 3 rings (SSSR count). The normalized spacial score (nSPS) is 20.1. The summed E-state index contributed by atoms with van der Waals surface area (Å²) >= 11 is 5.14. The van der Waals surface area contributed by atoms with Crippen LogP contribution in [0.4, 0.5) is 0 Å². The SMILES string of the molecule is Cc1ccc([C@H]2C[C@@H]2NC(=O)c2ccc[nH]c2=S)cc1C. The molecule has 2 aromatic rings. The third-order valence-corrected chi connectivity index (χ3v) is 4.47. The van der Waals surface area contributed by atoms with Gasteiger partial charge in [-0.05, 0) is 49.1 Å². The van der Waals surface area contributed by atoms with Crippen molar-refractivity contribution in [2.75, 3.05) is 0 Å². The first kappa shape index (κ1) is 14.0. The molecule has 0 bridgehead atoms. The van der Waals surface area contributed by atoms with E-state index in [9.17, 15) is 4.79 Å².